The molecular formula is C15H10ClNOS. The van der Waals surface area contributed by atoms with E-state index in [-0.39, 0.29) is 5.43 Å². The quantitative estimate of drug-likeness (QED) is 0.730. The minimum absolute atomic E-state index is 0.0471. The number of halogens is 1. The Labute approximate surface area is 119 Å². The fourth-order valence-electron chi connectivity index (χ4n) is 2.08. The highest BCUT2D eigenvalue weighted by Gasteiger charge is 2.12. The standard InChI is InChI=1S/C15H10ClNOS/c16-10-5-3-4-9(8-10)13-14(18)11-6-1-2-7-12(11)19-15(13)17/h1-8H,17H2. The van der Waals surface area contributed by atoms with Crippen LogP contribution in [0, 0.1) is 0 Å². The lowest BCUT2D eigenvalue weighted by molar-refractivity contribution is 1.62. The third-order valence-electron chi connectivity index (χ3n) is 2.94. The molecule has 4 heteroatoms. The van der Waals surface area contributed by atoms with Crippen molar-refractivity contribution in [1.29, 1.82) is 0 Å². The summed E-state index contributed by atoms with van der Waals surface area (Å²) in [6, 6.07) is 14.7. The molecule has 0 fully saturated rings. The predicted octanol–water partition coefficient (Wildman–Crippen LogP) is 4.16. The molecule has 0 aliphatic carbocycles. The number of nitrogens with two attached hydrogens (primary N) is 1. The Bertz CT molecular complexity index is 826. The Balaban J connectivity index is 2.39. The summed E-state index contributed by atoms with van der Waals surface area (Å²) in [4.78, 5) is 12.5. The zero-order valence-corrected chi connectivity index (χ0v) is 11.5. The molecule has 0 spiro atoms. The lowest BCUT2D eigenvalue weighted by Crippen LogP contribution is -2.07. The van der Waals surface area contributed by atoms with Crippen LogP contribution in [-0.2, 0) is 0 Å². The van der Waals surface area contributed by atoms with Crippen molar-refractivity contribution in [3.05, 3.63) is 63.8 Å². The van der Waals surface area contributed by atoms with E-state index in [1.807, 2.05) is 36.4 Å². The second kappa shape index (κ2) is 4.68. The fraction of sp³-hybridized carbons (Fsp3) is 0. The van der Waals surface area contributed by atoms with Gasteiger partial charge in [0.2, 0.25) is 0 Å². The number of benzene rings is 2. The first-order valence-corrected chi connectivity index (χ1v) is 6.93. The average Bonchev–Trinajstić information content (AvgIpc) is 2.39. The number of hydrogen-bond donors (Lipinski definition) is 1. The van der Waals surface area contributed by atoms with Crippen molar-refractivity contribution >= 4 is 38.0 Å². The molecule has 0 atom stereocenters. The van der Waals surface area contributed by atoms with Crippen LogP contribution in [0.4, 0.5) is 5.00 Å². The average molecular weight is 288 g/mol. The highest BCUT2D eigenvalue weighted by molar-refractivity contribution is 7.22. The second-order valence-electron chi connectivity index (χ2n) is 4.18. The third kappa shape index (κ3) is 2.11. The minimum Gasteiger partial charge on any atom is -0.390 e. The van der Waals surface area contributed by atoms with Crippen LogP contribution >= 0.6 is 22.9 Å². The second-order valence-corrected chi connectivity index (χ2v) is 5.70. The first kappa shape index (κ1) is 12.2. The van der Waals surface area contributed by atoms with Crippen LogP contribution in [0.2, 0.25) is 5.02 Å². The summed E-state index contributed by atoms with van der Waals surface area (Å²) >= 11 is 7.40. The Hall–Kier alpha value is -1.84. The first-order chi connectivity index (χ1) is 9.16. The highest BCUT2D eigenvalue weighted by atomic mass is 35.5. The SMILES string of the molecule is Nc1sc2ccccc2c(=O)c1-c1cccc(Cl)c1. The van der Waals surface area contributed by atoms with Gasteiger partial charge in [0.15, 0.2) is 5.43 Å². The molecule has 0 unspecified atom stereocenters. The van der Waals surface area contributed by atoms with Crippen molar-refractivity contribution in [3.63, 3.8) is 0 Å². The normalized spacial score (nSPS) is 10.8. The van der Waals surface area contributed by atoms with Gasteiger partial charge in [-0.2, -0.15) is 0 Å². The molecule has 0 bridgehead atoms. The Kier molecular flexibility index (Phi) is 3.01. The van der Waals surface area contributed by atoms with Crippen LogP contribution in [0.1, 0.15) is 0 Å². The zero-order valence-electron chi connectivity index (χ0n) is 9.89. The number of anilines is 1. The van der Waals surface area contributed by atoms with Gasteiger partial charge in [-0.25, -0.2) is 0 Å². The predicted molar refractivity (Wildman–Crippen MR) is 83.0 cm³/mol. The van der Waals surface area contributed by atoms with Crippen LogP contribution in [0.25, 0.3) is 21.2 Å². The maximum atomic E-state index is 12.5. The van der Waals surface area contributed by atoms with Crippen LogP contribution < -0.4 is 11.2 Å². The van der Waals surface area contributed by atoms with Crippen molar-refractivity contribution in [3.8, 4) is 11.1 Å². The number of hydrogen-bond acceptors (Lipinski definition) is 3. The molecule has 3 rings (SSSR count). The Morgan fingerprint density at radius 3 is 2.63 bits per heavy atom. The minimum atomic E-state index is -0.0471. The van der Waals surface area contributed by atoms with Gasteiger partial charge in [-0.1, -0.05) is 35.9 Å². The third-order valence-corrected chi connectivity index (χ3v) is 4.17. The van der Waals surface area contributed by atoms with Crippen LogP contribution in [0.3, 0.4) is 0 Å². The number of fused-ring (bicyclic) bond motifs is 1. The van der Waals surface area contributed by atoms with E-state index in [4.69, 9.17) is 17.3 Å². The van der Waals surface area contributed by atoms with Crippen LogP contribution in [-0.4, -0.2) is 0 Å². The summed E-state index contributed by atoms with van der Waals surface area (Å²) in [7, 11) is 0. The van der Waals surface area contributed by atoms with E-state index in [0.29, 0.717) is 21.0 Å². The van der Waals surface area contributed by atoms with Gasteiger partial charge >= 0.3 is 0 Å². The summed E-state index contributed by atoms with van der Waals surface area (Å²) in [5.41, 5.74) is 7.29. The lowest BCUT2D eigenvalue weighted by atomic mass is 10.1. The van der Waals surface area contributed by atoms with Gasteiger partial charge in [0.1, 0.15) is 0 Å². The first-order valence-electron chi connectivity index (χ1n) is 5.74. The smallest absolute Gasteiger partial charge is 0.197 e. The van der Waals surface area contributed by atoms with E-state index >= 15 is 0 Å². The molecule has 2 nitrogen and oxygen atoms in total. The summed E-state index contributed by atoms with van der Waals surface area (Å²) in [6.45, 7) is 0. The molecule has 0 amide bonds. The molecule has 1 heterocycles. The molecule has 1 aromatic heterocycles. The molecule has 0 radical (unpaired) electrons. The van der Waals surface area contributed by atoms with Crippen LogP contribution in [0.15, 0.2) is 53.3 Å². The number of rotatable bonds is 1. The molecular weight excluding hydrogens is 278 g/mol. The molecule has 3 aromatic rings. The molecule has 2 N–H and O–H groups in total. The van der Waals surface area contributed by atoms with Crippen molar-refractivity contribution in [2.45, 2.75) is 0 Å². The molecule has 0 aliphatic rings. The van der Waals surface area contributed by atoms with E-state index < -0.39 is 0 Å². The maximum absolute atomic E-state index is 12.5. The van der Waals surface area contributed by atoms with Gasteiger partial charge in [-0.05, 0) is 29.8 Å². The molecule has 0 saturated carbocycles. The largest absolute Gasteiger partial charge is 0.390 e. The Morgan fingerprint density at radius 2 is 1.84 bits per heavy atom. The molecule has 94 valence electrons. The topological polar surface area (TPSA) is 43.1 Å². The van der Waals surface area contributed by atoms with Crippen molar-refractivity contribution in [2.24, 2.45) is 0 Å². The van der Waals surface area contributed by atoms with E-state index in [1.54, 1.807) is 12.1 Å². The summed E-state index contributed by atoms with van der Waals surface area (Å²) in [6.07, 6.45) is 0. The van der Waals surface area contributed by atoms with E-state index in [2.05, 4.69) is 0 Å². The van der Waals surface area contributed by atoms with E-state index in [1.165, 1.54) is 11.3 Å². The van der Waals surface area contributed by atoms with Gasteiger partial charge in [0.25, 0.3) is 0 Å². The van der Waals surface area contributed by atoms with Gasteiger partial charge in [-0.3, -0.25) is 4.79 Å². The monoisotopic (exact) mass is 287 g/mol. The molecule has 2 aromatic carbocycles. The number of nitrogen functional groups attached to an aromatic ring is 1. The summed E-state index contributed by atoms with van der Waals surface area (Å²) < 4.78 is 0.899. The van der Waals surface area contributed by atoms with E-state index in [0.717, 1.165) is 10.3 Å². The van der Waals surface area contributed by atoms with Gasteiger partial charge in [-0.15, -0.1) is 11.3 Å². The van der Waals surface area contributed by atoms with Crippen molar-refractivity contribution in [2.75, 3.05) is 5.73 Å². The summed E-state index contributed by atoms with van der Waals surface area (Å²) in [5.74, 6) is 0. The van der Waals surface area contributed by atoms with Crippen molar-refractivity contribution < 1.29 is 0 Å². The molecule has 19 heavy (non-hydrogen) atoms. The lowest BCUT2D eigenvalue weighted by Gasteiger charge is -2.06. The molecule has 0 saturated heterocycles. The van der Waals surface area contributed by atoms with Crippen molar-refractivity contribution in [1.82, 2.24) is 0 Å². The van der Waals surface area contributed by atoms with E-state index in [9.17, 15) is 4.79 Å². The van der Waals surface area contributed by atoms with Gasteiger partial charge < -0.3 is 5.73 Å². The summed E-state index contributed by atoms with van der Waals surface area (Å²) in [5, 5.41) is 1.80. The van der Waals surface area contributed by atoms with Gasteiger partial charge in [0, 0.05) is 15.1 Å². The van der Waals surface area contributed by atoms with Crippen LogP contribution in [0.5, 0.6) is 0 Å². The van der Waals surface area contributed by atoms with Gasteiger partial charge in [0.05, 0.1) is 10.6 Å². The zero-order chi connectivity index (χ0) is 13.4. The fourth-order valence-corrected chi connectivity index (χ4v) is 3.23. The maximum Gasteiger partial charge on any atom is 0.197 e. The highest BCUT2D eigenvalue weighted by Crippen LogP contribution is 2.31. The Morgan fingerprint density at radius 1 is 1.05 bits per heavy atom. The molecule has 0 aliphatic heterocycles.